The van der Waals surface area contributed by atoms with Crippen molar-refractivity contribution in [1.29, 1.82) is 0 Å². The van der Waals surface area contributed by atoms with Crippen LogP contribution in [0.1, 0.15) is 61.5 Å². The molecule has 1 saturated carbocycles. The van der Waals surface area contributed by atoms with Crippen molar-refractivity contribution in [3.63, 3.8) is 0 Å². The lowest BCUT2D eigenvalue weighted by Crippen LogP contribution is -2.64. The second kappa shape index (κ2) is 7.87. The van der Waals surface area contributed by atoms with Crippen LogP contribution in [0.3, 0.4) is 0 Å². The Morgan fingerprint density at radius 2 is 2.06 bits per heavy atom. The zero-order valence-corrected chi connectivity index (χ0v) is 17.8. The molecule has 4 heterocycles. The van der Waals surface area contributed by atoms with Crippen LogP contribution >= 0.6 is 0 Å². The average molecular weight is 421 g/mol. The molecule has 31 heavy (non-hydrogen) atoms. The molecule has 0 bridgehead atoms. The predicted molar refractivity (Wildman–Crippen MR) is 116 cm³/mol. The van der Waals surface area contributed by atoms with Gasteiger partial charge in [-0.1, -0.05) is 31.7 Å². The maximum atomic E-state index is 13.7. The van der Waals surface area contributed by atoms with Gasteiger partial charge in [-0.2, -0.15) is 0 Å². The molecule has 1 fully saturated rings. The third-order valence-corrected chi connectivity index (χ3v) is 6.79. The van der Waals surface area contributed by atoms with E-state index in [1.807, 2.05) is 29.7 Å². The number of fused-ring (bicyclic) bond motifs is 3. The number of nitrogens with zero attached hydrogens (tertiary/aromatic N) is 3. The molecule has 0 saturated heterocycles. The minimum atomic E-state index is -1.02. The Hall–Kier alpha value is -3.09. The molecular formula is C24H28N4O3. The van der Waals surface area contributed by atoms with Crippen LogP contribution < -0.4 is 5.32 Å². The van der Waals surface area contributed by atoms with Gasteiger partial charge in [0.15, 0.2) is 5.58 Å². The molecule has 7 nitrogen and oxygen atoms in total. The van der Waals surface area contributed by atoms with Gasteiger partial charge < -0.3 is 19.2 Å². The highest BCUT2D eigenvalue weighted by molar-refractivity contribution is 6.02. The Labute approximate surface area is 181 Å². The number of hydrogen-bond acceptors (Lipinski definition) is 4. The maximum absolute atomic E-state index is 13.7. The van der Waals surface area contributed by atoms with Crippen molar-refractivity contribution in [2.45, 2.75) is 70.1 Å². The fourth-order valence-corrected chi connectivity index (χ4v) is 4.96. The molecule has 1 N–H and O–H groups in total. The normalized spacial score (nSPS) is 22.4. The standard InChI is InChI=1S/C24H28N4O3/c1-24(23(30)26-18-8-4-2-3-5-9-18)16-27-19-10-12-31-21(19)13-20(27)22(29)28(24)15-17-7-6-11-25-14-17/h6-7,10-14,18H,2-5,8-9,15-16H2,1H3,(H,26,30). The molecule has 2 aliphatic rings. The van der Waals surface area contributed by atoms with E-state index in [2.05, 4.69) is 10.3 Å². The third-order valence-electron chi connectivity index (χ3n) is 6.79. The largest absolute Gasteiger partial charge is 0.463 e. The van der Waals surface area contributed by atoms with Gasteiger partial charge in [0.1, 0.15) is 11.2 Å². The molecule has 2 amide bonds. The van der Waals surface area contributed by atoms with E-state index in [-0.39, 0.29) is 17.9 Å². The quantitative estimate of drug-likeness (QED) is 0.650. The van der Waals surface area contributed by atoms with E-state index in [4.69, 9.17) is 4.42 Å². The molecule has 3 aromatic rings. The number of nitrogens with one attached hydrogen (secondary N) is 1. The number of carbonyl (C=O) groups is 2. The van der Waals surface area contributed by atoms with E-state index in [1.54, 1.807) is 29.6 Å². The summed E-state index contributed by atoms with van der Waals surface area (Å²) in [7, 11) is 0. The molecule has 1 aliphatic heterocycles. The van der Waals surface area contributed by atoms with Crippen molar-refractivity contribution in [1.82, 2.24) is 19.8 Å². The number of furan rings is 1. The van der Waals surface area contributed by atoms with E-state index in [0.29, 0.717) is 24.4 Å². The zero-order valence-electron chi connectivity index (χ0n) is 17.8. The fourth-order valence-electron chi connectivity index (χ4n) is 4.96. The predicted octanol–water partition coefficient (Wildman–Crippen LogP) is 3.88. The van der Waals surface area contributed by atoms with Gasteiger partial charge in [-0.05, 0) is 31.4 Å². The first-order valence-electron chi connectivity index (χ1n) is 11.1. The van der Waals surface area contributed by atoms with Crippen molar-refractivity contribution < 1.29 is 14.0 Å². The van der Waals surface area contributed by atoms with Crippen LogP contribution in [0.25, 0.3) is 11.1 Å². The Morgan fingerprint density at radius 1 is 1.26 bits per heavy atom. The molecule has 5 rings (SSSR count). The third kappa shape index (κ3) is 3.52. The van der Waals surface area contributed by atoms with Crippen molar-refractivity contribution in [2.24, 2.45) is 0 Å². The Balaban J connectivity index is 1.51. The summed E-state index contributed by atoms with van der Waals surface area (Å²) in [5, 5.41) is 3.29. The van der Waals surface area contributed by atoms with E-state index in [1.165, 1.54) is 12.8 Å². The summed E-state index contributed by atoms with van der Waals surface area (Å²) in [6.45, 7) is 2.59. The van der Waals surface area contributed by atoms with Crippen molar-refractivity contribution in [3.05, 3.63) is 54.2 Å². The van der Waals surface area contributed by atoms with Crippen LogP contribution in [-0.4, -0.2) is 37.8 Å². The molecule has 162 valence electrons. The van der Waals surface area contributed by atoms with Crippen LogP contribution in [0.5, 0.6) is 0 Å². The second-order valence-electron chi connectivity index (χ2n) is 8.97. The van der Waals surface area contributed by atoms with Gasteiger partial charge >= 0.3 is 0 Å². The Morgan fingerprint density at radius 3 is 2.81 bits per heavy atom. The van der Waals surface area contributed by atoms with Crippen LogP contribution in [0, 0.1) is 0 Å². The van der Waals surface area contributed by atoms with Gasteiger partial charge in [-0.25, -0.2) is 0 Å². The van der Waals surface area contributed by atoms with Gasteiger partial charge in [0.2, 0.25) is 5.91 Å². The number of rotatable bonds is 4. The summed E-state index contributed by atoms with van der Waals surface area (Å²) < 4.78 is 7.46. The lowest BCUT2D eigenvalue weighted by molar-refractivity contribution is -0.134. The Kier molecular flexibility index (Phi) is 5.04. The molecule has 1 aliphatic carbocycles. The zero-order chi connectivity index (χ0) is 21.4. The van der Waals surface area contributed by atoms with E-state index in [0.717, 1.165) is 36.8 Å². The maximum Gasteiger partial charge on any atom is 0.271 e. The monoisotopic (exact) mass is 420 g/mol. The summed E-state index contributed by atoms with van der Waals surface area (Å²) >= 11 is 0. The van der Waals surface area contributed by atoms with Crippen LogP contribution in [0.15, 0.2) is 47.3 Å². The smallest absolute Gasteiger partial charge is 0.271 e. The summed E-state index contributed by atoms with van der Waals surface area (Å²) in [6.07, 6.45) is 11.8. The van der Waals surface area contributed by atoms with Crippen LogP contribution in [-0.2, 0) is 17.9 Å². The highest BCUT2D eigenvalue weighted by atomic mass is 16.3. The van der Waals surface area contributed by atoms with Crippen molar-refractivity contribution >= 4 is 22.9 Å². The first-order chi connectivity index (χ1) is 15.1. The Bertz CT molecular complexity index is 1090. The SMILES string of the molecule is CC1(C(=O)NC2CCCCCC2)Cn2c(cc3occc32)C(=O)N1Cc1cccnc1. The number of amides is 2. The summed E-state index contributed by atoms with van der Waals surface area (Å²) in [5.74, 6) is -0.257. The molecule has 1 unspecified atom stereocenters. The minimum Gasteiger partial charge on any atom is -0.463 e. The molecule has 0 spiro atoms. The van der Waals surface area contributed by atoms with Crippen LogP contribution in [0.4, 0.5) is 0 Å². The fraction of sp³-hybridized carbons (Fsp3) is 0.458. The number of hydrogen-bond donors (Lipinski definition) is 1. The summed E-state index contributed by atoms with van der Waals surface area (Å²) in [4.78, 5) is 33.2. The highest BCUT2D eigenvalue weighted by Crippen LogP contribution is 2.34. The van der Waals surface area contributed by atoms with Gasteiger partial charge in [-0.15, -0.1) is 0 Å². The molecule has 7 heteroatoms. The first-order valence-corrected chi connectivity index (χ1v) is 11.1. The van der Waals surface area contributed by atoms with Crippen molar-refractivity contribution in [3.8, 4) is 0 Å². The molecular weight excluding hydrogens is 392 g/mol. The van der Waals surface area contributed by atoms with Gasteiger partial charge in [0.05, 0.1) is 18.3 Å². The van der Waals surface area contributed by atoms with Gasteiger partial charge in [0, 0.05) is 37.1 Å². The van der Waals surface area contributed by atoms with E-state index >= 15 is 0 Å². The lowest BCUT2D eigenvalue weighted by Gasteiger charge is -2.44. The molecule has 0 radical (unpaired) electrons. The number of pyridine rings is 1. The highest BCUT2D eigenvalue weighted by Gasteiger charge is 2.48. The lowest BCUT2D eigenvalue weighted by atomic mass is 9.93. The number of aromatic nitrogens is 2. The summed E-state index contributed by atoms with van der Waals surface area (Å²) in [6, 6.07) is 7.58. The topological polar surface area (TPSA) is 80.4 Å². The molecule has 1 atom stereocenters. The van der Waals surface area contributed by atoms with E-state index in [9.17, 15) is 9.59 Å². The number of carbonyl (C=O) groups excluding carboxylic acids is 2. The van der Waals surface area contributed by atoms with Gasteiger partial charge in [-0.3, -0.25) is 14.6 Å². The van der Waals surface area contributed by atoms with Crippen molar-refractivity contribution in [2.75, 3.05) is 0 Å². The molecule has 0 aromatic carbocycles. The van der Waals surface area contributed by atoms with Crippen LogP contribution in [0.2, 0.25) is 0 Å². The minimum absolute atomic E-state index is 0.0902. The first kappa shape index (κ1) is 19.8. The van der Waals surface area contributed by atoms with Gasteiger partial charge in [0.25, 0.3) is 5.91 Å². The average Bonchev–Trinajstić information content (AvgIpc) is 3.26. The van der Waals surface area contributed by atoms with E-state index < -0.39 is 5.54 Å². The second-order valence-corrected chi connectivity index (χ2v) is 8.97. The summed E-state index contributed by atoms with van der Waals surface area (Å²) in [5.41, 5.74) is 1.94. The molecule has 3 aromatic heterocycles.